The van der Waals surface area contributed by atoms with Crippen molar-refractivity contribution in [1.82, 2.24) is 14.3 Å². The first kappa shape index (κ1) is 13.8. The third-order valence-corrected chi connectivity index (χ3v) is 3.81. The van der Waals surface area contributed by atoms with Gasteiger partial charge in [-0.1, -0.05) is 6.07 Å². The third kappa shape index (κ3) is 2.83. The van der Waals surface area contributed by atoms with Gasteiger partial charge in [0.1, 0.15) is 17.2 Å². The van der Waals surface area contributed by atoms with Gasteiger partial charge in [0.05, 0.1) is 0 Å². The highest BCUT2D eigenvalue weighted by Crippen LogP contribution is 2.24. The molecule has 0 atom stereocenters. The number of imidazole rings is 1. The van der Waals surface area contributed by atoms with Gasteiger partial charge in [0.15, 0.2) is 5.78 Å². The molecule has 0 aliphatic carbocycles. The number of nitrogens with zero attached hydrogens (tertiary/aromatic N) is 4. The highest BCUT2D eigenvalue weighted by molar-refractivity contribution is 5.92. The Morgan fingerprint density at radius 1 is 1.24 bits per heavy atom. The van der Waals surface area contributed by atoms with E-state index in [-0.39, 0.29) is 5.78 Å². The standard InChI is InChI=1S/C16H20N4O/c1-13(21)6-7-14-16(19-11-9-18(2)10-12-19)20-8-4-3-5-15(20)17-14/h3-8H,9-12H2,1-2H3/b7-6+. The number of anilines is 1. The van der Waals surface area contributed by atoms with E-state index in [1.807, 2.05) is 30.5 Å². The van der Waals surface area contributed by atoms with Gasteiger partial charge >= 0.3 is 0 Å². The number of carbonyl (C=O) groups is 1. The molecule has 0 unspecified atom stereocenters. The summed E-state index contributed by atoms with van der Waals surface area (Å²) in [5, 5.41) is 0. The number of allylic oxidation sites excluding steroid dienone is 1. The molecule has 0 radical (unpaired) electrons. The van der Waals surface area contributed by atoms with Crippen LogP contribution in [0.5, 0.6) is 0 Å². The Labute approximate surface area is 124 Å². The summed E-state index contributed by atoms with van der Waals surface area (Å²) in [5.41, 5.74) is 1.77. The van der Waals surface area contributed by atoms with Crippen LogP contribution in [0.2, 0.25) is 0 Å². The third-order valence-electron chi connectivity index (χ3n) is 3.81. The molecule has 1 aliphatic rings. The fraction of sp³-hybridized carbons (Fsp3) is 0.375. The van der Waals surface area contributed by atoms with E-state index in [2.05, 4.69) is 26.2 Å². The SMILES string of the molecule is CC(=O)/C=C/c1nc2ccccn2c1N1CCN(C)CC1. The highest BCUT2D eigenvalue weighted by atomic mass is 16.1. The summed E-state index contributed by atoms with van der Waals surface area (Å²) in [6.07, 6.45) is 5.44. The van der Waals surface area contributed by atoms with Gasteiger partial charge in [-0.25, -0.2) is 4.98 Å². The molecule has 3 heterocycles. The average Bonchev–Trinajstić information content (AvgIpc) is 2.84. The molecule has 5 heteroatoms. The Bertz CT molecular complexity index is 681. The summed E-state index contributed by atoms with van der Waals surface area (Å²) in [6, 6.07) is 5.98. The van der Waals surface area contributed by atoms with Crippen LogP contribution in [0, 0.1) is 0 Å². The lowest BCUT2D eigenvalue weighted by Crippen LogP contribution is -2.45. The molecule has 21 heavy (non-hydrogen) atoms. The van der Waals surface area contributed by atoms with Gasteiger partial charge in [0.25, 0.3) is 0 Å². The molecule has 1 fully saturated rings. The van der Waals surface area contributed by atoms with E-state index in [0.29, 0.717) is 0 Å². The van der Waals surface area contributed by atoms with Crippen molar-refractivity contribution < 1.29 is 4.79 Å². The van der Waals surface area contributed by atoms with Gasteiger partial charge in [-0.15, -0.1) is 0 Å². The monoisotopic (exact) mass is 284 g/mol. The van der Waals surface area contributed by atoms with Crippen molar-refractivity contribution in [3.05, 3.63) is 36.2 Å². The molecule has 0 bridgehead atoms. The van der Waals surface area contributed by atoms with Crippen molar-refractivity contribution in [1.29, 1.82) is 0 Å². The summed E-state index contributed by atoms with van der Waals surface area (Å²) in [5.74, 6) is 1.12. The molecule has 110 valence electrons. The number of aromatic nitrogens is 2. The van der Waals surface area contributed by atoms with Crippen LogP contribution < -0.4 is 4.90 Å². The highest BCUT2D eigenvalue weighted by Gasteiger charge is 2.20. The molecule has 0 spiro atoms. The number of pyridine rings is 1. The lowest BCUT2D eigenvalue weighted by molar-refractivity contribution is -0.112. The topological polar surface area (TPSA) is 40.9 Å². The Hall–Kier alpha value is -2.14. The van der Waals surface area contributed by atoms with Crippen molar-refractivity contribution >= 4 is 23.3 Å². The van der Waals surface area contributed by atoms with E-state index in [4.69, 9.17) is 0 Å². The number of likely N-dealkylation sites (N-methyl/N-ethyl adjacent to an activating group) is 1. The normalized spacial score (nSPS) is 17.0. The number of rotatable bonds is 3. The van der Waals surface area contributed by atoms with Crippen molar-refractivity contribution in [3.8, 4) is 0 Å². The molecule has 1 aliphatic heterocycles. The second-order valence-corrected chi connectivity index (χ2v) is 5.48. The Morgan fingerprint density at radius 2 is 2.00 bits per heavy atom. The van der Waals surface area contributed by atoms with Crippen molar-refractivity contribution in [3.63, 3.8) is 0 Å². The predicted molar refractivity (Wildman–Crippen MR) is 84.6 cm³/mol. The van der Waals surface area contributed by atoms with Crippen molar-refractivity contribution in [2.45, 2.75) is 6.92 Å². The maximum Gasteiger partial charge on any atom is 0.152 e. The minimum Gasteiger partial charge on any atom is -0.353 e. The summed E-state index contributed by atoms with van der Waals surface area (Å²) in [7, 11) is 2.14. The van der Waals surface area contributed by atoms with E-state index < -0.39 is 0 Å². The van der Waals surface area contributed by atoms with Crippen LogP contribution in [0.15, 0.2) is 30.5 Å². The molecule has 2 aromatic rings. The minimum absolute atomic E-state index is 0.0383. The fourth-order valence-corrected chi connectivity index (χ4v) is 2.64. The minimum atomic E-state index is 0.0383. The van der Waals surface area contributed by atoms with E-state index in [1.165, 1.54) is 0 Å². The van der Waals surface area contributed by atoms with Gasteiger partial charge < -0.3 is 9.80 Å². The van der Waals surface area contributed by atoms with Gasteiger partial charge in [-0.3, -0.25) is 9.20 Å². The first-order valence-corrected chi connectivity index (χ1v) is 7.24. The zero-order valence-electron chi connectivity index (χ0n) is 12.5. The molecule has 0 amide bonds. The molecule has 0 saturated carbocycles. The largest absolute Gasteiger partial charge is 0.353 e. The lowest BCUT2D eigenvalue weighted by Gasteiger charge is -2.33. The van der Waals surface area contributed by atoms with Crippen molar-refractivity contribution in [2.75, 3.05) is 38.1 Å². The molecule has 0 aromatic carbocycles. The van der Waals surface area contributed by atoms with E-state index in [1.54, 1.807) is 13.0 Å². The maximum atomic E-state index is 11.2. The number of carbonyl (C=O) groups excluding carboxylic acids is 1. The van der Waals surface area contributed by atoms with E-state index in [9.17, 15) is 4.79 Å². The zero-order valence-corrected chi connectivity index (χ0v) is 12.5. The Morgan fingerprint density at radius 3 is 2.71 bits per heavy atom. The predicted octanol–water partition coefficient (Wildman–Crippen LogP) is 1.69. The molecular weight excluding hydrogens is 264 g/mol. The molecule has 5 nitrogen and oxygen atoms in total. The second kappa shape index (κ2) is 5.69. The molecule has 0 N–H and O–H groups in total. The summed E-state index contributed by atoms with van der Waals surface area (Å²) in [4.78, 5) is 20.5. The number of ketones is 1. The lowest BCUT2D eigenvalue weighted by atomic mass is 10.2. The Balaban J connectivity index is 2.05. The van der Waals surface area contributed by atoms with Crippen LogP contribution in [0.4, 0.5) is 5.82 Å². The summed E-state index contributed by atoms with van der Waals surface area (Å²) >= 11 is 0. The Kier molecular flexibility index (Phi) is 3.75. The van der Waals surface area contributed by atoms with Gasteiger partial charge in [-0.05, 0) is 38.3 Å². The van der Waals surface area contributed by atoms with Crippen LogP contribution >= 0.6 is 0 Å². The van der Waals surface area contributed by atoms with Crippen LogP contribution in [-0.4, -0.2) is 53.3 Å². The van der Waals surface area contributed by atoms with Crippen LogP contribution in [0.25, 0.3) is 11.7 Å². The molecule has 3 rings (SSSR count). The zero-order chi connectivity index (χ0) is 14.8. The van der Waals surface area contributed by atoms with Crippen LogP contribution in [0.3, 0.4) is 0 Å². The van der Waals surface area contributed by atoms with E-state index >= 15 is 0 Å². The smallest absolute Gasteiger partial charge is 0.152 e. The fourth-order valence-electron chi connectivity index (χ4n) is 2.64. The molecular formula is C16H20N4O. The van der Waals surface area contributed by atoms with Gasteiger partial charge in [-0.2, -0.15) is 0 Å². The number of fused-ring (bicyclic) bond motifs is 1. The van der Waals surface area contributed by atoms with Crippen LogP contribution in [-0.2, 0) is 4.79 Å². The first-order valence-electron chi connectivity index (χ1n) is 7.24. The number of piperazine rings is 1. The van der Waals surface area contributed by atoms with Gasteiger partial charge in [0, 0.05) is 32.4 Å². The van der Waals surface area contributed by atoms with Gasteiger partial charge in [0.2, 0.25) is 0 Å². The first-order chi connectivity index (χ1) is 10.1. The average molecular weight is 284 g/mol. The van der Waals surface area contributed by atoms with E-state index in [0.717, 1.165) is 43.3 Å². The maximum absolute atomic E-state index is 11.2. The summed E-state index contributed by atoms with van der Waals surface area (Å²) in [6.45, 7) is 5.58. The molecule has 2 aromatic heterocycles. The second-order valence-electron chi connectivity index (χ2n) is 5.48. The number of hydrogen-bond acceptors (Lipinski definition) is 4. The van der Waals surface area contributed by atoms with Crippen molar-refractivity contribution in [2.24, 2.45) is 0 Å². The molecule has 1 saturated heterocycles. The quantitative estimate of drug-likeness (QED) is 0.804. The van der Waals surface area contributed by atoms with Crippen LogP contribution in [0.1, 0.15) is 12.6 Å². The summed E-state index contributed by atoms with van der Waals surface area (Å²) < 4.78 is 2.10. The number of hydrogen-bond donors (Lipinski definition) is 0.